The summed E-state index contributed by atoms with van der Waals surface area (Å²) in [5.74, 6) is 0.238. The molecule has 0 radical (unpaired) electrons. The Morgan fingerprint density at radius 2 is 2.30 bits per heavy atom. The minimum absolute atomic E-state index is 0.217. The lowest BCUT2D eigenvalue weighted by Gasteiger charge is -2.26. The van der Waals surface area contributed by atoms with Crippen molar-refractivity contribution in [3.05, 3.63) is 23.8 Å². The zero-order chi connectivity index (χ0) is 14.6. The number of hydrogen-bond acceptors (Lipinski definition) is 5. The summed E-state index contributed by atoms with van der Waals surface area (Å²) in [6.07, 6.45) is 0.767. The van der Waals surface area contributed by atoms with Crippen LogP contribution >= 0.6 is 0 Å². The van der Waals surface area contributed by atoms with Crippen LogP contribution in [0.5, 0.6) is 5.75 Å². The normalized spacial score (nSPS) is 21.7. The Balaban J connectivity index is 2.05. The zero-order valence-corrected chi connectivity index (χ0v) is 11.8. The fourth-order valence-electron chi connectivity index (χ4n) is 2.19. The van der Waals surface area contributed by atoms with Gasteiger partial charge < -0.3 is 25.3 Å². The topological polar surface area (TPSA) is 82.8 Å². The van der Waals surface area contributed by atoms with Crippen molar-refractivity contribution in [1.82, 2.24) is 5.32 Å². The molecule has 0 spiro atoms. The number of methoxy groups -OCH3 is 2. The molecular weight excluding hydrogens is 260 g/mol. The number of rotatable bonds is 5. The molecule has 0 aliphatic carbocycles. The number of ether oxygens (including phenoxy) is 3. The molecule has 20 heavy (non-hydrogen) atoms. The van der Waals surface area contributed by atoms with E-state index < -0.39 is 5.60 Å². The number of amides is 1. The molecule has 1 heterocycles. The van der Waals surface area contributed by atoms with Gasteiger partial charge in [-0.3, -0.25) is 4.79 Å². The van der Waals surface area contributed by atoms with Crippen LogP contribution in [0.15, 0.2) is 18.2 Å². The maximum atomic E-state index is 12.2. The Bertz CT molecular complexity index is 484. The number of hydrogen-bond donors (Lipinski definition) is 2. The van der Waals surface area contributed by atoms with Crippen molar-refractivity contribution in [3.8, 4) is 5.75 Å². The summed E-state index contributed by atoms with van der Waals surface area (Å²) in [6.45, 7) is 1.54. The van der Waals surface area contributed by atoms with Gasteiger partial charge >= 0.3 is 0 Å². The molecule has 1 aromatic rings. The Morgan fingerprint density at radius 3 is 2.90 bits per heavy atom. The number of carbonyl (C=O) groups excluding carboxylic acids is 1. The highest BCUT2D eigenvalue weighted by molar-refractivity contribution is 5.97. The van der Waals surface area contributed by atoms with Gasteiger partial charge in [0.25, 0.3) is 5.91 Å². The highest BCUT2D eigenvalue weighted by atomic mass is 16.5. The Labute approximate surface area is 118 Å². The first-order valence-corrected chi connectivity index (χ1v) is 6.45. The monoisotopic (exact) mass is 280 g/mol. The molecule has 1 aliphatic rings. The third kappa shape index (κ3) is 3.02. The van der Waals surface area contributed by atoms with Gasteiger partial charge in [-0.25, -0.2) is 0 Å². The first-order valence-electron chi connectivity index (χ1n) is 6.45. The van der Waals surface area contributed by atoms with E-state index >= 15 is 0 Å². The predicted molar refractivity (Wildman–Crippen MR) is 74.9 cm³/mol. The van der Waals surface area contributed by atoms with E-state index in [1.165, 1.54) is 7.11 Å². The average molecular weight is 280 g/mol. The molecule has 1 amide bonds. The van der Waals surface area contributed by atoms with Crippen molar-refractivity contribution in [3.63, 3.8) is 0 Å². The molecule has 1 aliphatic heterocycles. The molecule has 2 rings (SSSR count). The van der Waals surface area contributed by atoms with Crippen molar-refractivity contribution in [2.75, 3.05) is 39.7 Å². The molecule has 6 nitrogen and oxygen atoms in total. The fraction of sp³-hybridized carbons (Fsp3) is 0.500. The van der Waals surface area contributed by atoms with Gasteiger partial charge in [0.05, 0.1) is 19.3 Å². The quantitative estimate of drug-likeness (QED) is 0.780. The van der Waals surface area contributed by atoms with Crippen LogP contribution in [0, 0.1) is 0 Å². The molecule has 1 unspecified atom stereocenters. The van der Waals surface area contributed by atoms with Crippen molar-refractivity contribution >= 4 is 11.6 Å². The minimum atomic E-state index is -0.434. The second-order valence-corrected chi connectivity index (χ2v) is 4.83. The summed E-state index contributed by atoms with van der Waals surface area (Å²) < 4.78 is 16.0. The summed E-state index contributed by atoms with van der Waals surface area (Å²) >= 11 is 0. The van der Waals surface area contributed by atoms with Gasteiger partial charge in [-0.15, -0.1) is 0 Å². The van der Waals surface area contributed by atoms with Gasteiger partial charge in [-0.05, 0) is 12.1 Å². The molecule has 1 fully saturated rings. The molecule has 6 heteroatoms. The summed E-state index contributed by atoms with van der Waals surface area (Å²) in [4.78, 5) is 12.2. The van der Waals surface area contributed by atoms with Crippen LogP contribution in [0.1, 0.15) is 16.8 Å². The van der Waals surface area contributed by atoms with Crippen molar-refractivity contribution < 1.29 is 19.0 Å². The van der Waals surface area contributed by atoms with Crippen molar-refractivity contribution in [1.29, 1.82) is 0 Å². The lowest BCUT2D eigenvalue weighted by molar-refractivity contribution is -0.0148. The number of anilines is 1. The van der Waals surface area contributed by atoms with E-state index in [0.29, 0.717) is 36.8 Å². The van der Waals surface area contributed by atoms with Crippen LogP contribution in [0.25, 0.3) is 0 Å². The second-order valence-electron chi connectivity index (χ2n) is 4.83. The SMILES string of the molecule is COc1cc(N)ccc1C(=O)NCC1(OC)CCOC1. The van der Waals surface area contributed by atoms with Crippen LogP contribution in [0.2, 0.25) is 0 Å². The lowest BCUT2D eigenvalue weighted by Crippen LogP contribution is -2.45. The highest BCUT2D eigenvalue weighted by Crippen LogP contribution is 2.23. The second kappa shape index (κ2) is 6.11. The molecule has 0 aromatic heterocycles. The first kappa shape index (κ1) is 14.6. The Hall–Kier alpha value is -1.79. The van der Waals surface area contributed by atoms with Crippen LogP contribution < -0.4 is 15.8 Å². The van der Waals surface area contributed by atoms with Crippen LogP contribution in [0.4, 0.5) is 5.69 Å². The number of benzene rings is 1. The Kier molecular flexibility index (Phi) is 4.46. The van der Waals surface area contributed by atoms with E-state index in [0.717, 1.165) is 6.42 Å². The van der Waals surface area contributed by atoms with Crippen molar-refractivity contribution in [2.24, 2.45) is 0 Å². The summed E-state index contributed by atoms with van der Waals surface area (Å²) in [6, 6.07) is 4.94. The first-order chi connectivity index (χ1) is 9.60. The molecular formula is C14H20N2O4. The van der Waals surface area contributed by atoms with Gasteiger partial charge in [0.2, 0.25) is 0 Å². The van der Waals surface area contributed by atoms with E-state index in [2.05, 4.69) is 5.32 Å². The maximum absolute atomic E-state index is 12.2. The lowest BCUT2D eigenvalue weighted by atomic mass is 10.0. The molecule has 1 atom stereocenters. The number of nitrogens with two attached hydrogens (primary N) is 1. The molecule has 1 aromatic carbocycles. The summed E-state index contributed by atoms with van der Waals surface area (Å²) in [7, 11) is 3.14. The van der Waals surface area contributed by atoms with Gasteiger partial charge in [-0.2, -0.15) is 0 Å². The van der Waals surface area contributed by atoms with Crippen molar-refractivity contribution in [2.45, 2.75) is 12.0 Å². The van der Waals surface area contributed by atoms with Gasteiger partial charge in [-0.1, -0.05) is 0 Å². The van der Waals surface area contributed by atoms with E-state index in [9.17, 15) is 4.79 Å². The van der Waals surface area contributed by atoms with E-state index in [1.807, 2.05) is 0 Å². The van der Waals surface area contributed by atoms with E-state index in [1.54, 1.807) is 25.3 Å². The van der Waals surface area contributed by atoms with E-state index in [-0.39, 0.29) is 5.91 Å². The molecule has 0 saturated carbocycles. The van der Waals surface area contributed by atoms with Crippen LogP contribution in [0.3, 0.4) is 0 Å². The van der Waals surface area contributed by atoms with Gasteiger partial charge in [0.1, 0.15) is 11.4 Å². The third-order valence-electron chi connectivity index (χ3n) is 3.54. The summed E-state index contributed by atoms with van der Waals surface area (Å²) in [5, 5.41) is 2.86. The highest BCUT2D eigenvalue weighted by Gasteiger charge is 2.35. The predicted octanol–water partition coefficient (Wildman–Crippen LogP) is 0.813. The van der Waals surface area contributed by atoms with Gasteiger partial charge in [0.15, 0.2) is 0 Å². The maximum Gasteiger partial charge on any atom is 0.255 e. The summed E-state index contributed by atoms with van der Waals surface area (Å²) in [5.41, 5.74) is 6.24. The molecule has 1 saturated heterocycles. The van der Waals surface area contributed by atoms with Crippen LogP contribution in [-0.4, -0.2) is 45.5 Å². The molecule has 0 bridgehead atoms. The number of carbonyl (C=O) groups is 1. The fourth-order valence-corrected chi connectivity index (χ4v) is 2.19. The minimum Gasteiger partial charge on any atom is -0.496 e. The molecule has 3 N–H and O–H groups in total. The number of nitrogen functional groups attached to an aromatic ring is 1. The largest absolute Gasteiger partial charge is 0.496 e. The zero-order valence-electron chi connectivity index (χ0n) is 11.8. The van der Waals surface area contributed by atoms with Crippen LogP contribution in [-0.2, 0) is 9.47 Å². The average Bonchev–Trinajstić information content (AvgIpc) is 2.94. The molecule has 110 valence electrons. The third-order valence-corrected chi connectivity index (χ3v) is 3.54. The number of nitrogens with one attached hydrogen (secondary N) is 1. The Morgan fingerprint density at radius 1 is 1.50 bits per heavy atom. The van der Waals surface area contributed by atoms with Gasteiger partial charge in [0, 0.05) is 38.4 Å². The smallest absolute Gasteiger partial charge is 0.255 e. The van der Waals surface area contributed by atoms with E-state index in [4.69, 9.17) is 19.9 Å². The standard InChI is InChI=1S/C14H20N2O4/c1-18-12-7-10(15)3-4-11(12)13(17)16-8-14(19-2)5-6-20-9-14/h3-4,7H,5-6,8-9,15H2,1-2H3,(H,16,17).